The van der Waals surface area contributed by atoms with E-state index in [9.17, 15) is 0 Å². The fourth-order valence-corrected chi connectivity index (χ4v) is 3.33. The van der Waals surface area contributed by atoms with Gasteiger partial charge >= 0.3 is 0 Å². The highest BCUT2D eigenvalue weighted by atomic mass is 79.9. The number of halogens is 1. The van der Waals surface area contributed by atoms with Crippen molar-refractivity contribution in [1.29, 1.82) is 0 Å². The Kier molecular flexibility index (Phi) is 3.11. The van der Waals surface area contributed by atoms with E-state index >= 15 is 0 Å². The largest absolute Gasteiger partial charge is 0.372 e. The molecular formula is C12H12BrN3S. The summed E-state index contributed by atoms with van der Waals surface area (Å²) in [7, 11) is 0. The van der Waals surface area contributed by atoms with Crippen LogP contribution in [0.4, 0.5) is 5.00 Å². The molecule has 1 aromatic carbocycles. The number of hydrogen-bond donors (Lipinski definition) is 1. The van der Waals surface area contributed by atoms with Crippen molar-refractivity contribution < 1.29 is 0 Å². The van der Waals surface area contributed by atoms with Crippen LogP contribution in [0.15, 0.2) is 34.9 Å². The van der Waals surface area contributed by atoms with E-state index in [1.807, 2.05) is 0 Å². The molecular weight excluding hydrogens is 298 g/mol. The first-order valence-electron chi connectivity index (χ1n) is 5.61. The molecule has 0 atom stereocenters. The van der Waals surface area contributed by atoms with Crippen molar-refractivity contribution in [2.75, 3.05) is 5.32 Å². The third kappa shape index (κ3) is 2.35. The third-order valence-corrected chi connectivity index (χ3v) is 4.51. The van der Waals surface area contributed by atoms with Crippen molar-refractivity contribution in [2.24, 2.45) is 0 Å². The zero-order valence-corrected chi connectivity index (χ0v) is 11.5. The zero-order valence-electron chi connectivity index (χ0n) is 9.14. The highest BCUT2D eigenvalue weighted by Crippen LogP contribution is 2.41. The molecule has 1 N–H and O–H groups in total. The minimum Gasteiger partial charge on any atom is -0.372 e. The van der Waals surface area contributed by atoms with Crippen LogP contribution in [0.1, 0.15) is 24.3 Å². The maximum Gasteiger partial charge on any atom is 0.130 e. The number of benzene rings is 1. The van der Waals surface area contributed by atoms with E-state index in [1.54, 1.807) is 6.20 Å². The van der Waals surface area contributed by atoms with E-state index in [1.165, 1.54) is 34.4 Å². The lowest BCUT2D eigenvalue weighted by molar-refractivity contribution is 0.373. The number of anilines is 1. The Hall–Kier alpha value is -0.940. The Morgan fingerprint density at radius 1 is 1.29 bits per heavy atom. The highest BCUT2D eigenvalue weighted by molar-refractivity contribution is 9.10. The van der Waals surface area contributed by atoms with E-state index in [0.29, 0.717) is 12.0 Å². The minimum absolute atomic E-state index is 0.564. The molecule has 0 spiro atoms. The minimum atomic E-state index is 0.564. The maximum absolute atomic E-state index is 3.85. The van der Waals surface area contributed by atoms with E-state index < -0.39 is 0 Å². The van der Waals surface area contributed by atoms with Gasteiger partial charge in [-0.2, -0.15) is 0 Å². The third-order valence-electron chi connectivity index (χ3n) is 3.19. The summed E-state index contributed by atoms with van der Waals surface area (Å²) in [5.41, 5.74) is 1.42. The monoisotopic (exact) mass is 309 g/mol. The summed E-state index contributed by atoms with van der Waals surface area (Å²) < 4.78 is 5.07. The van der Waals surface area contributed by atoms with Crippen LogP contribution < -0.4 is 5.32 Å². The van der Waals surface area contributed by atoms with Gasteiger partial charge in [0.1, 0.15) is 5.00 Å². The Labute approximate surface area is 113 Å². The fourth-order valence-electron chi connectivity index (χ4n) is 2.23. The van der Waals surface area contributed by atoms with Crippen LogP contribution in [0.2, 0.25) is 0 Å². The molecule has 1 aromatic heterocycles. The van der Waals surface area contributed by atoms with Gasteiger partial charge in [-0.1, -0.05) is 38.6 Å². The topological polar surface area (TPSA) is 37.8 Å². The van der Waals surface area contributed by atoms with Gasteiger partial charge in [-0.05, 0) is 30.4 Å². The van der Waals surface area contributed by atoms with Crippen LogP contribution in [0, 0.1) is 0 Å². The van der Waals surface area contributed by atoms with Crippen LogP contribution in [0.3, 0.4) is 0 Å². The molecule has 0 bridgehead atoms. The number of hydrogen-bond acceptors (Lipinski definition) is 4. The molecule has 88 valence electrons. The van der Waals surface area contributed by atoms with Crippen molar-refractivity contribution >= 4 is 32.5 Å². The lowest BCUT2D eigenvalue weighted by Gasteiger charge is -2.36. The standard InChI is InChI=1S/C12H12BrN3S/c13-11-4-2-1-3-10(11)8-5-9(6-8)15-12-7-14-16-17-12/h1-4,7-9,15H,5-6H2. The fraction of sp³-hybridized carbons (Fsp3) is 0.333. The van der Waals surface area contributed by atoms with Gasteiger partial charge in [-0.15, -0.1) is 5.10 Å². The quantitative estimate of drug-likeness (QED) is 0.940. The van der Waals surface area contributed by atoms with Crippen molar-refractivity contribution in [1.82, 2.24) is 9.59 Å². The first-order valence-corrected chi connectivity index (χ1v) is 7.18. The van der Waals surface area contributed by atoms with E-state index in [4.69, 9.17) is 0 Å². The van der Waals surface area contributed by atoms with Crippen molar-refractivity contribution in [3.05, 3.63) is 40.5 Å². The van der Waals surface area contributed by atoms with Gasteiger partial charge < -0.3 is 5.32 Å². The molecule has 1 saturated carbocycles. The summed E-state index contributed by atoms with van der Waals surface area (Å²) in [6.07, 6.45) is 4.15. The predicted octanol–water partition coefficient (Wildman–Crippen LogP) is 3.66. The van der Waals surface area contributed by atoms with Gasteiger partial charge in [0.15, 0.2) is 0 Å². The van der Waals surface area contributed by atoms with Crippen LogP contribution >= 0.6 is 27.5 Å². The molecule has 0 saturated heterocycles. The molecule has 1 aliphatic carbocycles. The highest BCUT2D eigenvalue weighted by Gasteiger charge is 2.31. The molecule has 5 heteroatoms. The van der Waals surface area contributed by atoms with Crippen LogP contribution in [0.25, 0.3) is 0 Å². The smallest absolute Gasteiger partial charge is 0.130 e. The van der Waals surface area contributed by atoms with Crippen molar-refractivity contribution in [2.45, 2.75) is 24.8 Å². The second kappa shape index (κ2) is 4.74. The molecule has 0 aliphatic heterocycles. The lowest BCUT2D eigenvalue weighted by Crippen LogP contribution is -2.33. The van der Waals surface area contributed by atoms with E-state index in [2.05, 4.69) is 55.1 Å². The van der Waals surface area contributed by atoms with Gasteiger partial charge in [-0.3, -0.25) is 0 Å². The predicted molar refractivity (Wildman–Crippen MR) is 73.4 cm³/mol. The number of aromatic nitrogens is 2. The second-order valence-corrected chi connectivity index (χ2v) is 5.95. The van der Waals surface area contributed by atoms with Gasteiger partial charge in [0.05, 0.1) is 6.20 Å². The summed E-state index contributed by atoms with van der Waals surface area (Å²) in [6.45, 7) is 0. The maximum atomic E-state index is 3.85. The number of rotatable bonds is 3. The van der Waals surface area contributed by atoms with Crippen LogP contribution in [-0.2, 0) is 0 Å². The summed E-state index contributed by atoms with van der Waals surface area (Å²) in [6, 6.07) is 9.05. The molecule has 0 amide bonds. The molecule has 17 heavy (non-hydrogen) atoms. The average molecular weight is 310 g/mol. The number of nitrogens with zero attached hydrogens (tertiary/aromatic N) is 2. The molecule has 1 aliphatic rings. The van der Waals surface area contributed by atoms with E-state index in [-0.39, 0.29) is 0 Å². The SMILES string of the molecule is Brc1ccccc1C1CC(Nc2cnns2)C1. The average Bonchev–Trinajstić information content (AvgIpc) is 2.77. The van der Waals surface area contributed by atoms with Crippen LogP contribution in [0.5, 0.6) is 0 Å². The molecule has 3 rings (SSSR count). The van der Waals surface area contributed by atoms with Gasteiger partial charge in [0.25, 0.3) is 0 Å². The van der Waals surface area contributed by atoms with Gasteiger partial charge in [0, 0.05) is 22.0 Å². The van der Waals surface area contributed by atoms with E-state index in [0.717, 1.165) is 5.00 Å². The lowest BCUT2D eigenvalue weighted by atomic mass is 9.76. The summed E-state index contributed by atoms with van der Waals surface area (Å²) >= 11 is 5.03. The Balaban J connectivity index is 1.60. The molecule has 0 unspecified atom stereocenters. The molecule has 1 fully saturated rings. The Bertz CT molecular complexity index is 494. The van der Waals surface area contributed by atoms with Crippen molar-refractivity contribution in [3.8, 4) is 0 Å². The van der Waals surface area contributed by atoms with Crippen LogP contribution in [-0.4, -0.2) is 15.6 Å². The van der Waals surface area contributed by atoms with Crippen molar-refractivity contribution in [3.63, 3.8) is 0 Å². The summed E-state index contributed by atoms with van der Waals surface area (Å²) in [5, 5.41) is 8.35. The molecule has 1 heterocycles. The Morgan fingerprint density at radius 3 is 2.82 bits per heavy atom. The second-order valence-electron chi connectivity index (χ2n) is 4.31. The summed E-state index contributed by atoms with van der Waals surface area (Å²) in [4.78, 5) is 0. The first kappa shape index (κ1) is 11.2. The first-order chi connectivity index (χ1) is 8.33. The summed E-state index contributed by atoms with van der Waals surface area (Å²) in [5.74, 6) is 0.670. The van der Waals surface area contributed by atoms with Gasteiger partial charge in [0.2, 0.25) is 0 Å². The molecule has 0 radical (unpaired) electrons. The normalized spacial score (nSPS) is 23.1. The Morgan fingerprint density at radius 2 is 2.12 bits per heavy atom. The number of nitrogens with one attached hydrogen (secondary N) is 1. The molecule has 3 nitrogen and oxygen atoms in total. The molecule has 2 aromatic rings. The van der Waals surface area contributed by atoms with Gasteiger partial charge in [-0.25, -0.2) is 0 Å². The zero-order chi connectivity index (χ0) is 11.7.